The van der Waals surface area contributed by atoms with Crippen molar-refractivity contribution in [2.24, 2.45) is 0 Å². The molecule has 1 fully saturated rings. The molecule has 0 aromatic heterocycles. The molecule has 2 N–H and O–H groups in total. The van der Waals surface area contributed by atoms with Gasteiger partial charge >= 0.3 is 11.8 Å². The summed E-state index contributed by atoms with van der Waals surface area (Å²) in [6, 6.07) is 10.3. The Hall–Kier alpha value is -3.46. The molecule has 3 heterocycles. The number of aryl methyl sites for hydroxylation is 2. The minimum atomic E-state index is -0.683. The molecule has 8 nitrogen and oxygen atoms in total. The Bertz CT molecular complexity index is 1110. The largest absolute Gasteiger partial charge is 0.369 e. The summed E-state index contributed by atoms with van der Waals surface area (Å²) >= 11 is 0. The van der Waals surface area contributed by atoms with Crippen LogP contribution < -0.4 is 20.4 Å². The molecule has 9 heteroatoms. The molecule has 0 aliphatic carbocycles. The van der Waals surface area contributed by atoms with Crippen molar-refractivity contribution in [1.29, 1.82) is 0 Å². The van der Waals surface area contributed by atoms with E-state index in [1.165, 1.54) is 12.1 Å². The summed E-state index contributed by atoms with van der Waals surface area (Å²) in [5, 5.41) is 5.44. The number of amides is 3. The number of hydrogen-bond donors (Lipinski definition) is 2. The maximum atomic E-state index is 13.1. The second kappa shape index (κ2) is 10.0. The van der Waals surface area contributed by atoms with Gasteiger partial charge in [-0.2, -0.15) is 0 Å². The van der Waals surface area contributed by atoms with E-state index in [2.05, 4.69) is 20.4 Å². The van der Waals surface area contributed by atoms with Crippen LogP contribution >= 0.6 is 0 Å². The first-order valence-corrected chi connectivity index (χ1v) is 12.3. The summed E-state index contributed by atoms with van der Waals surface area (Å²) in [6.45, 7) is 5.09. The van der Waals surface area contributed by atoms with E-state index in [1.807, 2.05) is 17.0 Å². The predicted octanol–water partition coefficient (Wildman–Crippen LogP) is 1.93. The maximum absolute atomic E-state index is 13.1. The molecule has 0 atom stereocenters. The smallest absolute Gasteiger partial charge is 0.313 e. The number of carbonyl (C=O) groups is 3. The van der Waals surface area contributed by atoms with Gasteiger partial charge in [0.15, 0.2) is 0 Å². The summed E-state index contributed by atoms with van der Waals surface area (Å²) in [4.78, 5) is 43.4. The van der Waals surface area contributed by atoms with Gasteiger partial charge < -0.3 is 20.4 Å². The number of nitrogens with one attached hydrogen (secondary N) is 2. The third-order valence-corrected chi connectivity index (χ3v) is 7.02. The lowest BCUT2D eigenvalue weighted by Crippen LogP contribution is -2.49. The third kappa shape index (κ3) is 5.14. The Morgan fingerprint density at radius 1 is 0.886 bits per heavy atom. The minimum absolute atomic E-state index is 0.159. The monoisotopic (exact) mass is 479 g/mol. The fourth-order valence-electron chi connectivity index (χ4n) is 5.20. The lowest BCUT2D eigenvalue weighted by Gasteiger charge is -2.36. The van der Waals surface area contributed by atoms with Crippen molar-refractivity contribution in [3.63, 3.8) is 0 Å². The summed E-state index contributed by atoms with van der Waals surface area (Å²) < 4.78 is 13.1. The number of anilines is 3. The Balaban J connectivity index is 1.09. The van der Waals surface area contributed by atoms with E-state index in [9.17, 15) is 18.8 Å². The molecule has 3 amide bonds. The van der Waals surface area contributed by atoms with Crippen LogP contribution in [0.4, 0.5) is 21.5 Å². The lowest BCUT2D eigenvalue weighted by molar-refractivity contribution is -0.136. The van der Waals surface area contributed by atoms with Gasteiger partial charge in [-0.15, -0.1) is 0 Å². The summed E-state index contributed by atoms with van der Waals surface area (Å²) in [5.41, 5.74) is 4.71. The van der Waals surface area contributed by atoms with Crippen LogP contribution in [0.1, 0.15) is 24.0 Å². The normalized spacial score (nSPS) is 17.7. The first-order valence-electron chi connectivity index (χ1n) is 12.3. The van der Waals surface area contributed by atoms with Crippen LogP contribution in [0, 0.1) is 5.82 Å². The molecule has 0 radical (unpaired) electrons. The molecule has 0 spiro atoms. The van der Waals surface area contributed by atoms with Gasteiger partial charge in [0.1, 0.15) is 5.82 Å². The number of carbonyl (C=O) groups excluding carboxylic acids is 3. The van der Waals surface area contributed by atoms with Gasteiger partial charge in [-0.1, -0.05) is 0 Å². The van der Waals surface area contributed by atoms with E-state index in [1.54, 1.807) is 12.1 Å². The summed E-state index contributed by atoms with van der Waals surface area (Å²) in [7, 11) is 0. The number of benzene rings is 2. The summed E-state index contributed by atoms with van der Waals surface area (Å²) in [5.74, 6) is -1.42. The van der Waals surface area contributed by atoms with Crippen LogP contribution in [0.3, 0.4) is 0 Å². The zero-order valence-electron chi connectivity index (χ0n) is 19.7. The van der Waals surface area contributed by atoms with Crippen LogP contribution in [-0.2, 0) is 27.2 Å². The highest BCUT2D eigenvalue weighted by Crippen LogP contribution is 2.37. The number of nitrogens with zero attached hydrogens (tertiary/aromatic N) is 3. The summed E-state index contributed by atoms with van der Waals surface area (Å²) in [6.07, 6.45) is 2.88. The van der Waals surface area contributed by atoms with E-state index >= 15 is 0 Å². The molecule has 3 aliphatic rings. The van der Waals surface area contributed by atoms with Gasteiger partial charge in [0, 0.05) is 63.6 Å². The first kappa shape index (κ1) is 23.3. The van der Waals surface area contributed by atoms with E-state index in [0.717, 1.165) is 68.1 Å². The van der Waals surface area contributed by atoms with Gasteiger partial charge in [-0.25, -0.2) is 4.39 Å². The fraction of sp³-hybridized carbons (Fsp3) is 0.423. The minimum Gasteiger partial charge on any atom is -0.369 e. The van der Waals surface area contributed by atoms with Crippen LogP contribution in [0.5, 0.6) is 0 Å². The van der Waals surface area contributed by atoms with Gasteiger partial charge in [0.05, 0.1) is 5.69 Å². The van der Waals surface area contributed by atoms with Crippen LogP contribution in [0.2, 0.25) is 0 Å². The zero-order valence-corrected chi connectivity index (χ0v) is 19.7. The van der Waals surface area contributed by atoms with Gasteiger partial charge in [-0.3, -0.25) is 19.3 Å². The Kier molecular flexibility index (Phi) is 6.68. The first-order chi connectivity index (χ1) is 17.0. The Labute approximate surface area is 204 Å². The van der Waals surface area contributed by atoms with Gasteiger partial charge in [0.2, 0.25) is 5.91 Å². The lowest BCUT2D eigenvalue weighted by atomic mass is 9.91. The molecule has 184 valence electrons. The van der Waals surface area contributed by atoms with Gasteiger partial charge in [-0.05, 0) is 66.8 Å². The topological polar surface area (TPSA) is 85.0 Å². The van der Waals surface area contributed by atoms with E-state index in [0.29, 0.717) is 31.6 Å². The molecule has 0 saturated carbocycles. The van der Waals surface area contributed by atoms with Crippen LogP contribution in [-0.4, -0.2) is 68.4 Å². The van der Waals surface area contributed by atoms with Crippen molar-refractivity contribution < 1.29 is 18.8 Å². The second-order valence-electron chi connectivity index (χ2n) is 9.31. The van der Waals surface area contributed by atoms with E-state index in [-0.39, 0.29) is 11.7 Å². The molecule has 0 bridgehead atoms. The quantitative estimate of drug-likeness (QED) is 0.641. The molecular formula is C26H30FN5O3. The molecular weight excluding hydrogens is 449 g/mol. The Morgan fingerprint density at radius 3 is 2.34 bits per heavy atom. The van der Waals surface area contributed by atoms with Crippen molar-refractivity contribution in [2.45, 2.75) is 25.7 Å². The van der Waals surface area contributed by atoms with E-state index in [4.69, 9.17) is 0 Å². The van der Waals surface area contributed by atoms with Crippen molar-refractivity contribution in [3.8, 4) is 0 Å². The fourth-order valence-corrected chi connectivity index (χ4v) is 5.20. The molecule has 35 heavy (non-hydrogen) atoms. The van der Waals surface area contributed by atoms with Crippen molar-refractivity contribution >= 4 is 34.8 Å². The predicted molar refractivity (Wildman–Crippen MR) is 132 cm³/mol. The van der Waals surface area contributed by atoms with Gasteiger partial charge in [0.25, 0.3) is 0 Å². The Morgan fingerprint density at radius 2 is 1.60 bits per heavy atom. The standard InChI is InChI=1S/C26H30FN5O3/c27-20-4-6-22(7-5-20)31-14-12-30(13-15-31)11-9-28-25(34)26(35)29-21-16-18-2-1-10-32-23(33)8-3-19(17-21)24(18)32/h4-7,16-17H,1-3,8-15H2,(H,28,34)(H,29,35). The number of hydrogen-bond acceptors (Lipinski definition) is 5. The highest BCUT2D eigenvalue weighted by Gasteiger charge is 2.30. The van der Waals surface area contributed by atoms with Crippen molar-refractivity contribution in [1.82, 2.24) is 10.2 Å². The number of halogens is 1. The SMILES string of the molecule is O=C(NCCN1CCN(c2ccc(F)cc2)CC1)C(=O)Nc1cc2c3c(c1)CCC(=O)N3CCC2. The molecule has 0 unspecified atom stereocenters. The van der Waals surface area contributed by atoms with E-state index < -0.39 is 11.8 Å². The van der Waals surface area contributed by atoms with Crippen molar-refractivity contribution in [2.75, 3.05) is 60.9 Å². The zero-order chi connectivity index (χ0) is 24.4. The molecule has 5 rings (SSSR count). The maximum Gasteiger partial charge on any atom is 0.313 e. The highest BCUT2D eigenvalue weighted by molar-refractivity contribution is 6.39. The molecule has 2 aromatic rings. The number of piperazine rings is 1. The highest BCUT2D eigenvalue weighted by atomic mass is 19.1. The van der Waals surface area contributed by atoms with Crippen LogP contribution in [0.25, 0.3) is 0 Å². The third-order valence-electron chi connectivity index (χ3n) is 7.02. The average molecular weight is 480 g/mol. The number of rotatable bonds is 5. The molecule has 3 aliphatic heterocycles. The second-order valence-corrected chi connectivity index (χ2v) is 9.31. The van der Waals surface area contributed by atoms with Crippen molar-refractivity contribution in [3.05, 3.63) is 53.3 Å². The molecule has 2 aromatic carbocycles. The average Bonchev–Trinajstić information content (AvgIpc) is 2.87. The van der Waals surface area contributed by atoms with Crippen LogP contribution in [0.15, 0.2) is 36.4 Å². The molecule has 1 saturated heterocycles.